The molecule has 0 fully saturated rings. The van der Waals surface area contributed by atoms with Gasteiger partial charge in [-0.1, -0.05) is 22.1 Å². The maximum atomic E-state index is 14.5. The molecule has 0 bridgehead atoms. The number of esters is 1. The van der Waals surface area contributed by atoms with E-state index in [4.69, 9.17) is 16.3 Å². The molecule has 21 heavy (non-hydrogen) atoms. The fourth-order valence-electron chi connectivity index (χ4n) is 1.61. The number of ether oxygens (including phenoxy) is 1. The topological polar surface area (TPSA) is 68.2 Å². The lowest BCUT2D eigenvalue weighted by molar-refractivity contribution is 0.0518. The lowest BCUT2D eigenvalue weighted by Gasteiger charge is -2.15. The van der Waals surface area contributed by atoms with Crippen LogP contribution in [0.3, 0.4) is 0 Å². The quantitative estimate of drug-likeness (QED) is 0.638. The summed E-state index contributed by atoms with van der Waals surface area (Å²) in [5.74, 6) is -0.781. The number of carbonyl (C=O) groups is 1. The number of hydrogen-bond acceptors (Lipinski definition) is 6. The van der Waals surface area contributed by atoms with Crippen LogP contribution in [0.25, 0.3) is 0 Å². The van der Waals surface area contributed by atoms with Crippen molar-refractivity contribution >= 4 is 29.1 Å². The first-order valence-corrected chi connectivity index (χ1v) is 6.50. The summed E-state index contributed by atoms with van der Waals surface area (Å²) in [5.41, 5.74) is 0.180. The van der Waals surface area contributed by atoms with Crippen molar-refractivity contribution in [2.75, 3.05) is 11.7 Å². The first kappa shape index (κ1) is 15.1. The van der Waals surface area contributed by atoms with Crippen molar-refractivity contribution in [3.8, 4) is 0 Å². The minimum Gasteiger partial charge on any atom is -0.461 e. The van der Waals surface area contributed by atoms with Crippen molar-refractivity contribution in [1.82, 2.24) is 15.2 Å². The minimum atomic E-state index is -0.785. The van der Waals surface area contributed by atoms with Crippen LogP contribution in [0, 0.1) is 6.92 Å². The fraction of sp³-hybridized carbons (Fsp3) is 0.231. The van der Waals surface area contributed by atoms with Crippen LogP contribution in [0.4, 0.5) is 16.0 Å². The molecular formula is C13H12ClFN4O2. The van der Waals surface area contributed by atoms with Gasteiger partial charge in [-0.2, -0.15) is 5.12 Å². The van der Waals surface area contributed by atoms with Gasteiger partial charge in [0.15, 0.2) is 16.7 Å². The molecule has 0 saturated heterocycles. The van der Waals surface area contributed by atoms with E-state index < -0.39 is 5.97 Å². The fourth-order valence-corrected chi connectivity index (χ4v) is 1.76. The van der Waals surface area contributed by atoms with Crippen LogP contribution in [0.2, 0.25) is 5.15 Å². The molecule has 8 heteroatoms. The van der Waals surface area contributed by atoms with Crippen molar-refractivity contribution in [1.29, 1.82) is 0 Å². The Morgan fingerprint density at radius 3 is 2.86 bits per heavy atom. The van der Waals surface area contributed by atoms with Crippen molar-refractivity contribution in [2.45, 2.75) is 13.8 Å². The third kappa shape index (κ3) is 3.43. The molecule has 2 aromatic heterocycles. The van der Waals surface area contributed by atoms with Gasteiger partial charge in [0, 0.05) is 11.8 Å². The molecule has 2 aromatic rings. The second-order valence-electron chi connectivity index (χ2n) is 4.04. The van der Waals surface area contributed by atoms with Gasteiger partial charge in [0.2, 0.25) is 0 Å². The standard InChI is InChI=1S/C13H12ClFN4O2/c1-3-21-13(20)12-9(7-10(14)17-18-12)19(15)11-6-4-5-8(2)16-11/h4-7H,3H2,1-2H3. The van der Waals surface area contributed by atoms with Gasteiger partial charge in [-0.15, -0.1) is 10.2 Å². The van der Waals surface area contributed by atoms with Gasteiger partial charge < -0.3 is 4.74 Å². The molecule has 0 aliphatic carbocycles. The molecule has 0 aliphatic heterocycles. The van der Waals surface area contributed by atoms with Gasteiger partial charge in [-0.25, -0.2) is 9.78 Å². The summed E-state index contributed by atoms with van der Waals surface area (Å²) in [6.07, 6.45) is 0. The van der Waals surface area contributed by atoms with Gasteiger partial charge >= 0.3 is 5.97 Å². The van der Waals surface area contributed by atoms with Crippen molar-refractivity contribution in [2.24, 2.45) is 0 Å². The van der Waals surface area contributed by atoms with E-state index in [2.05, 4.69) is 15.2 Å². The molecular weight excluding hydrogens is 299 g/mol. The zero-order chi connectivity index (χ0) is 15.4. The molecule has 0 aromatic carbocycles. The number of nitrogens with zero attached hydrogens (tertiary/aromatic N) is 4. The largest absolute Gasteiger partial charge is 0.461 e. The predicted octanol–water partition coefficient (Wildman–Crippen LogP) is 3.03. The molecule has 2 rings (SSSR count). The number of rotatable bonds is 4. The summed E-state index contributed by atoms with van der Waals surface area (Å²) >= 11 is 5.72. The summed E-state index contributed by atoms with van der Waals surface area (Å²) in [4.78, 5) is 15.8. The number of hydrogen-bond donors (Lipinski definition) is 0. The molecule has 0 aliphatic rings. The van der Waals surface area contributed by atoms with Gasteiger partial charge in [-0.05, 0) is 26.0 Å². The normalized spacial score (nSPS) is 10.3. The summed E-state index contributed by atoms with van der Waals surface area (Å²) in [7, 11) is 0. The van der Waals surface area contributed by atoms with Crippen molar-refractivity contribution in [3.05, 3.63) is 40.8 Å². The number of halogens is 2. The molecule has 0 radical (unpaired) electrons. The first-order valence-electron chi connectivity index (χ1n) is 6.13. The highest BCUT2D eigenvalue weighted by Crippen LogP contribution is 2.28. The summed E-state index contributed by atoms with van der Waals surface area (Å²) in [5, 5.41) is 7.31. The second kappa shape index (κ2) is 6.45. The average Bonchev–Trinajstić information content (AvgIpc) is 2.46. The molecule has 0 atom stereocenters. The highest BCUT2D eigenvalue weighted by molar-refractivity contribution is 6.29. The van der Waals surface area contributed by atoms with E-state index in [-0.39, 0.29) is 34.1 Å². The minimum absolute atomic E-state index is 0.00427. The molecule has 0 spiro atoms. The van der Waals surface area contributed by atoms with E-state index in [1.807, 2.05) is 0 Å². The number of aryl methyl sites for hydroxylation is 1. The average molecular weight is 311 g/mol. The van der Waals surface area contributed by atoms with Crippen LogP contribution >= 0.6 is 11.6 Å². The molecule has 0 amide bonds. The summed E-state index contributed by atoms with van der Waals surface area (Å²) < 4.78 is 19.3. The highest BCUT2D eigenvalue weighted by Gasteiger charge is 2.23. The summed E-state index contributed by atoms with van der Waals surface area (Å²) in [6.45, 7) is 3.50. The van der Waals surface area contributed by atoms with Gasteiger partial charge in [0.25, 0.3) is 0 Å². The van der Waals surface area contributed by atoms with Crippen LogP contribution in [0.1, 0.15) is 23.1 Å². The van der Waals surface area contributed by atoms with Crippen LogP contribution in [-0.2, 0) is 4.74 Å². The number of aromatic nitrogens is 3. The molecule has 0 saturated carbocycles. The van der Waals surface area contributed by atoms with E-state index >= 15 is 0 Å². The second-order valence-corrected chi connectivity index (χ2v) is 4.43. The Kier molecular flexibility index (Phi) is 4.64. The van der Waals surface area contributed by atoms with E-state index in [1.165, 1.54) is 12.1 Å². The Hall–Kier alpha value is -2.28. The van der Waals surface area contributed by atoms with Crippen LogP contribution in [-0.4, -0.2) is 27.8 Å². The Balaban J connectivity index is 2.46. The van der Waals surface area contributed by atoms with Gasteiger partial charge in [-0.3, -0.25) is 0 Å². The smallest absolute Gasteiger partial charge is 0.361 e. The van der Waals surface area contributed by atoms with Gasteiger partial charge in [0.1, 0.15) is 5.69 Å². The lowest BCUT2D eigenvalue weighted by atomic mass is 10.3. The zero-order valence-electron chi connectivity index (χ0n) is 11.4. The third-order valence-electron chi connectivity index (χ3n) is 2.50. The molecule has 110 valence electrons. The third-order valence-corrected chi connectivity index (χ3v) is 2.68. The lowest BCUT2D eigenvalue weighted by Crippen LogP contribution is -2.16. The SMILES string of the molecule is CCOC(=O)c1nnc(Cl)cc1N(F)c1cccc(C)n1. The molecule has 2 heterocycles. The molecule has 0 N–H and O–H groups in total. The first-order chi connectivity index (χ1) is 10.0. The predicted molar refractivity (Wildman–Crippen MR) is 75.2 cm³/mol. The molecule has 6 nitrogen and oxygen atoms in total. The summed E-state index contributed by atoms with van der Waals surface area (Å²) in [6, 6.07) is 6.01. The maximum Gasteiger partial charge on any atom is 0.361 e. The van der Waals surface area contributed by atoms with Crippen LogP contribution in [0.15, 0.2) is 24.3 Å². The Bertz CT molecular complexity index is 668. The highest BCUT2D eigenvalue weighted by atomic mass is 35.5. The van der Waals surface area contributed by atoms with Crippen molar-refractivity contribution in [3.63, 3.8) is 0 Å². The Morgan fingerprint density at radius 1 is 1.43 bits per heavy atom. The molecule has 0 unspecified atom stereocenters. The van der Waals surface area contributed by atoms with Gasteiger partial charge in [0.05, 0.1) is 6.61 Å². The zero-order valence-corrected chi connectivity index (χ0v) is 12.1. The van der Waals surface area contributed by atoms with E-state index in [0.29, 0.717) is 5.69 Å². The van der Waals surface area contributed by atoms with E-state index in [0.717, 1.165) is 0 Å². The Labute approximate surface area is 125 Å². The number of carbonyl (C=O) groups excluding carboxylic acids is 1. The monoisotopic (exact) mass is 310 g/mol. The van der Waals surface area contributed by atoms with E-state index in [9.17, 15) is 9.28 Å². The Morgan fingerprint density at radius 2 is 2.19 bits per heavy atom. The van der Waals surface area contributed by atoms with Crippen molar-refractivity contribution < 1.29 is 14.0 Å². The maximum absolute atomic E-state index is 14.5. The number of pyridine rings is 1. The van der Waals surface area contributed by atoms with Crippen LogP contribution in [0.5, 0.6) is 0 Å². The van der Waals surface area contributed by atoms with E-state index in [1.54, 1.807) is 26.0 Å². The number of anilines is 2. The van der Waals surface area contributed by atoms with Crippen LogP contribution < -0.4 is 5.12 Å².